The fraction of sp³-hybridized carbons (Fsp3) is 0.647. The molecule has 1 aliphatic heterocycles. The minimum atomic E-state index is 0.431. The number of benzene rings is 1. The highest BCUT2D eigenvalue weighted by molar-refractivity contribution is 5.25. The van der Waals surface area contributed by atoms with Crippen LogP contribution in [0.25, 0.3) is 0 Å². The Balaban J connectivity index is 1.97. The molecule has 2 rings (SSSR count). The summed E-state index contributed by atoms with van der Waals surface area (Å²) in [4.78, 5) is 2.54. The molecule has 0 radical (unpaired) electrons. The first-order chi connectivity index (χ1) is 9.16. The van der Waals surface area contributed by atoms with E-state index in [0.29, 0.717) is 12.1 Å². The minimum Gasteiger partial charge on any atom is -0.377 e. The summed E-state index contributed by atoms with van der Waals surface area (Å²) >= 11 is 0. The highest BCUT2D eigenvalue weighted by Gasteiger charge is 2.20. The van der Waals surface area contributed by atoms with Gasteiger partial charge in [0.25, 0.3) is 0 Å². The van der Waals surface area contributed by atoms with Gasteiger partial charge in [-0.2, -0.15) is 0 Å². The van der Waals surface area contributed by atoms with Crippen molar-refractivity contribution in [2.75, 3.05) is 13.2 Å². The molecule has 0 aliphatic carbocycles. The van der Waals surface area contributed by atoms with Gasteiger partial charge in [-0.3, -0.25) is 4.90 Å². The summed E-state index contributed by atoms with van der Waals surface area (Å²) in [5, 5.41) is 0. The third kappa shape index (κ3) is 4.32. The molecule has 1 aromatic rings. The highest BCUT2D eigenvalue weighted by atomic mass is 16.5. The standard InChI is InChI=1S/C17H27NO/c1-14(2)18(13-17-10-6-7-11-19-17)12-16-9-5-4-8-15(16)3/h4-5,8-9,14,17H,6-7,10-13H2,1-3H3. The molecule has 1 aromatic carbocycles. The zero-order valence-corrected chi connectivity index (χ0v) is 12.6. The quantitative estimate of drug-likeness (QED) is 0.800. The van der Waals surface area contributed by atoms with E-state index in [4.69, 9.17) is 4.74 Å². The number of hydrogen-bond donors (Lipinski definition) is 0. The smallest absolute Gasteiger partial charge is 0.0702 e. The van der Waals surface area contributed by atoms with Crippen molar-refractivity contribution in [2.24, 2.45) is 0 Å². The summed E-state index contributed by atoms with van der Waals surface area (Å²) in [6.45, 7) is 9.80. The molecular weight excluding hydrogens is 234 g/mol. The Morgan fingerprint density at radius 3 is 2.68 bits per heavy atom. The van der Waals surface area contributed by atoms with E-state index in [1.54, 1.807) is 0 Å². The topological polar surface area (TPSA) is 12.5 Å². The van der Waals surface area contributed by atoms with Crippen LogP contribution in [0.4, 0.5) is 0 Å². The third-order valence-electron chi connectivity index (χ3n) is 4.08. The average molecular weight is 261 g/mol. The van der Waals surface area contributed by atoms with E-state index in [2.05, 4.69) is 49.9 Å². The normalized spacial score (nSPS) is 20.2. The van der Waals surface area contributed by atoms with Crippen LogP contribution in [-0.4, -0.2) is 30.2 Å². The van der Waals surface area contributed by atoms with Gasteiger partial charge in [-0.15, -0.1) is 0 Å². The van der Waals surface area contributed by atoms with E-state index in [1.807, 2.05) is 0 Å². The van der Waals surface area contributed by atoms with Gasteiger partial charge in [-0.05, 0) is 51.2 Å². The first kappa shape index (κ1) is 14.5. The SMILES string of the molecule is Cc1ccccc1CN(CC1CCCCO1)C(C)C. The first-order valence-electron chi connectivity index (χ1n) is 7.57. The van der Waals surface area contributed by atoms with Crippen LogP contribution in [0.2, 0.25) is 0 Å². The first-order valence-corrected chi connectivity index (χ1v) is 7.57. The Labute approximate surface area is 117 Å². The summed E-state index contributed by atoms with van der Waals surface area (Å²) < 4.78 is 5.88. The lowest BCUT2D eigenvalue weighted by Gasteiger charge is -2.32. The van der Waals surface area contributed by atoms with Crippen molar-refractivity contribution in [3.63, 3.8) is 0 Å². The van der Waals surface area contributed by atoms with Crippen molar-refractivity contribution < 1.29 is 4.74 Å². The molecule has 2 nitrogen and oxygen atoms in total. The van der Waals surface area contributed by atoms with Gasteiger partial charge < -0.3 is 4.74 Å². The Bertz CT molecular complexity index is 383. The lowest BCUT2D eigenvalue weighted by atomic mass is 10.1. The Kier molecular flexibility index (Phi) is 5.41. The van der Waals surface area contributed by atoms with E-state index in [1.165, 1.54) is 30.4 Å². The summed E-state index contributed by atoms with van der Waals surface area (Å²) in [5.41, 5.74) is 2.82. The Hall–Kier alpha value is -0.860. The van der Waals surface area contributed by atoms with Gasteiger partial charge in [0, 0.05) is 25.7 Å². The van der Waals surface area contributed by atoms with Crippen LogP contribution in [0.15, 0.2) is 24.3 Å². The summed E-state index contributed by atoms with van der Waals surface area (Å²) in [6, 6.07) is 9.25. The van der Waals surface area contributed by atoms with Crippen molar-refractivity contribution in [3.8, 4) is 0 Å². The van der Waals surface area contributed by atoms with Crippen molar-refractivity contribution >= 4 is 0 Å². The second kappa shape index (κ2) is 7.06. The predicted octanol–water partition coefficient (Wildman–Crippen LogP) is 3.77. The molecule has 0 spiro atoms. The third-order valence-corrected chi connectivity index (χ3v) is 4.08. The van der Waals surface area contributed by atoms with Gasteiger partial charge in [0.05, 0.1) is 6.10 Å². The van der Waals surface area contributed by atoms with Crippen LogP contribution < -0.4 is 0 Å². The van der Waals surface area contributed by atoms with Gasteiger partial charge in [-0.25, -0.2) is 0 Å². The number of rotatable bonds is 5. The summed E-state index contributed by atoms with van der Waals surface area (Å²) in [7, 11) is 0. The number of aryl methyl sites for hydroxylation is 1. The van der Waals surface area contributed by atoms with E-state index in [0.717, 1.165) is 19.7 Å². The minimum absolute atomic E-state index is 0.431. The zero-order chi connectivity index (χ0) is 13.7. The van der Waals surface area contributed by atoms with Crippen molar-refractivity contribution in [2.45, 2.75) is 58.7 Å². The van der Waals surface area contributed by atoms with Crippen LogP contribution in [0.3, 0.4) is 0 Å². The maximum Gasteiger partial charge on any atom is 0.0702 e. The fourth-order valence-corrected chi connectivity index (χ4v) is 2.68. The summed E-state index contributed by atoms with van der Waals surface area (Å²) in [5.74, 6) is 0. The van der Waals surface area contributed by atoms with E-state index < -0.39 is 0 Å². The predicted molar refractivity (Wildman–Crippen MR) is 80.3 cm³/mol. The van der Waals surface area contributed by atoms with E-state index in [-0.39, 0.29) is 0 Å². The Morgan fingerprint density at radius 1 is 1.26 bits per heavy atom. The van der Waals surface area contributed by atoms with Crippen LogP contribution in [0.5, 0.6) is 0 Å². The molecule has 0 aromatic heterocycles. The molecule has 2 heteroatoms. The van der Waals surface area contributed by atoms with Gasteiger partial charge >= 0.3 is 0 Å². The Morgan fingerprint density at radius 2 is 2.05 bits per heavy atom. The van der Waals surface area contributed by atoms with Gasteiger partial charge in [0.1, 0.15) is 0 Å². The van der Waals surface area contributed by atoms with Gasteiger partial charge in [0.15, 0.2) is 0 Å². The molecule has 19 heavy (non-hydrogen) atoms. The highest BCUT2D eigenvalue weighted by Crippen LogP contribution is 2.18. The van der Waals surface area contributed by atoms with Crippen LogP contribution in [0.1, 0.15) is 44.2 Å². The molecule has 1 heterocycles. The second-order valence-electron chi connectivity index (χ2n) is 5.94. The monoisotopic (exact) mass is 261 g/mol. The second-order valence-corrected chi connectivity index (χ2v) is 5.94. The molecule has 0 amide bonds. The van der Waals surface area contributed by atoms with E-state index in [9.17, 15) is 0 Å². The molecule has 0 N–H and O–H groups in total. The summed E-state index contributed by atoms with van der Waals surface area (Å²) in [6.07, 6.45) is 4.20. The molecule has 0 saturated carbocycles. The van der Waals surface area contributed by atoms with Crippen molar-refractivity contribution in [3.05, 3.63) is 35.4 Å². The van der Waals surface area contributed by atoms with Crippen molar-refractivity contribution in [1.29, 1.82) is 0 Å². The van der Waals surface area contributed by atoms with Crippen LogP contribution >= 0.6 is 0 Å². The average Bonchev–Trinajstić information content (AvgIpc) is 2.41. The molecule has 1 saturated heterocycles. The zero-order valence-electron chi connectivity index (χ0n) is 12.6. The lowest BCUT2D eigenvalue weighted by molar-refractivity contribution is -0.0129. The van der Waals surface area contributed by atoms with Crippen LogP contribution in [0, 0.1) is 6.92 Å². The number of nitrogens with zero attached hydrogens (tertiary/aromatic N) is 1. The fourth-order valence-electron chi connectivity index (χ4n) is 2.68. The van der Waals surface area contributed by atoms with Gasteiger partial charge in [0.2, 0.25) is 0 Å². The molecule has 0 bridgehead atoms. The molecule has 106 valence electrons. The lowest BCUT2D eigenvalue weighted by Crippen LogP contribution is -2.39. The molecule has 1 unspecified atom stereocenters. The van der Waals surface area contributed by atoms with E-state index >= 15 is 0 Å². The largest absolute Gasteiger partial charge is 0.377 e. The molecule has 1 aliphatic rings. The maximum absolute atomic E-state index is 5.88. The molecule has 1 fully saturated rings. The number of hydrogen-bond acceptors (Lipinski definition) is 2. The van der Waals surface area contributed by atoms with Gasteiger partial charge in [-0.1, -0.05) is 24.3 Å². The molecule has 1 atom stereocenters. The number of ether oxygens (including phenoxy) is 1. The maximum atomic E-state index is 5.88. The van der Waals surface area contributed by atoms with Crippen LogP contribution in [-0.2, 0) is 11.3 Å². The molecular formula is C17H27NO. The van der Waals surface area contributed by atoms with Crippen molar-refractivity contribution in [1.82, 2.24) is 4.90 Å².